The number of ether oxygens (including phenoxy) is 2. The molecule has 0 fully saturated rings. The normalized spacial score (nSPS) is 12.0. The average molecular weight is 410 g/mol. The van der Waals surface area contributed by atoms with E-state index in [1.165, 1.54) is 37.3 Å². The fourth-order valence-electron chi connectivity index (χ4n) is 2.14. The lowest BCUT2D eigenvalue weighted by molar-refractivity contribution is -0.137. The zero-order valence-corrected chi connectivity index (χ0v) is 15.2. The summed E-state index contributed by atoms with van der Waals surface area (Å²) in [5, 5.41) is 2.27. The van der Waals surface area contributed by atoms with Crippen molar-refractivity contribution in [2.45, 2.75) is 19.2 Å². The number of benzene rings is 2. The first-order valence-corrected chi connectivity index (χ1v) is 8.26. The maximum Gasteiger partial charge on any atom is 0.416 e. The van der Waals surface area contributed by atoms with Crippen molar-refractivity contribution >= 4 is 23.5 Å². The molecule has 7 nitrogen and oxygen atoms in total. The summed E-state index contributed by atoms with van der Waals surface area (Å²) in [4.78, 5) is 34.9. The largest absolute Gasteiger partial charge is 0.484 e. The van der Waals surface area contributed by atoms with E-state index in [0.29, 0.717) is 5.75 Å². The molecular formula is C19H17F3N2O5. The zero-order valence-electron chi connectivity index (χ0n) is 15.2. The summed E-state index contributed by atoms with van der Waals surface area (Å²) in [6, 6.07) is 9.61. The van der Waals surface area contributed by atoms with Crippen LogP contribution in [0.1, 0.15) is 22.8 Å². The van der Waals surface area contributed by atoms with E-state index >= 15 is 0 Å². The van der Waals surface area contributed by atoms with Gasteiger partial charge in [0, 0.05) is 5.69 Å². The first-order chi connectivity index (χ1) is 13.6. The third-order valence-electron chi connectivity index (χ3n) is 3.58. The summed E-state index contributed by atoms with van der Waals surface area (Å²) in [6.07, 6.45) is -5.81. The van der Waals surface area contributed by atoms with Gasteiger partial charge in [0.15, 0.2) is 12.7 Å². The molecule has 2 rings (SSSR count). The van der Waals surface area contributed by atoms with Gasteiger partial charge in [0.2, 0.25) is 0 Å². The maximum absolute atomic E-state index is 12.7. The quantitative estimate of drug-likeness (QED) is 0.683. The van der Waals surface area contributed by atoms with Crippen LogP contribution in [-0.2, 0) is 20.5 Å². The molecule has 0 bridgehead atoms. The number of hydrogen-bond acceptors (Lipinski definition) is 5. The van der Waals surface area contributed by atoms with Gasteiger partial charge in [0.25, 0.3) is 11.8 Å². The average Bonchev–Trinajstić information content (AvgIpc) is 2.66. The number of rotatable bonds is 7. The number of carbonyl (C=O) groups excluding carboxylic acids is 3. The number of hydrogen-bond donors (Lipinski definition) is 2. The molecule has 10 heteroatoms. The Morgan fingerprint density at radius 3 is 2.34 bits per heavy atom. The summed E-state index contributed by atoms with van der Waals surface area (Å²) in [6.45, 7) is 0.960. The van der Waals surface area contributed by atoms with Crippen molar-refractivity contribution in [1.29, 1.82) is 0 Å². The standard InChI is InChI=1S/C19H17F3N2O5/c1-11(17(26)24-14-4-2-3-13(9-14)19(20,21)22)29-18(27)12-5-7-15(8-6-12)28-10-16(23)25/h2-9,11H,10H2,1H3,(H2,23,25)(H,24,26)/t11-/m0/s1. The molecule has 0 radical (unpaired) electrons. The highest BCUT2D eigenvalue weighted by atomic mass is 19.4. The number of amides is 2. The van der Waals surface area contributed by atoms with Gasteiger partial charge in [-0.1, -0.05) is 6.07 Å². The second-order valence-electron chi connectivity index (χ2n) is 5.89. The van der Waals surface area contributed by atoms with Crippen LogP contribution in [0.2, 0.25) is 0 Å². The van der Waals surface area contributed by atoms with Gasteiger partial charge in [-0.25, -0.2) is 4.79 Å². The van der Waals surface area contributed by atoms with Crippen LogP contribution in [0.3, 0.4) is 0 Å². The Balaban J connectivity index is 1.95. The first-order valence-electron chi connectivity index (χ1n) is 8.26. The minimum atomic E-state index is -4.55. The highest BCUT2D eigenvalue weighted by Crippen LogP contribution is 2.30. The lowest BCUT2D eigenvalue weighted by atomic mass is 10.2. The number of nitrogens with one attached hydrogen (secondary N) is 1. The number of nitrogens with two attached hydrogens (primary N) is 1. The Bertz CT molecular complexity index is 897. The lowest BCUT2D eigenvalue weighted by Gasteiger charge is -2.15. The summed E-state index contributed by atoms with van der Waals surface area (Å²) < 4.78 is 48.2. The van der Waals surface area contributed by atoms with E-state index in [0.717, 1.165) is 18.2 Å². The van der Waals surface area contributed by atoms with E-state index in [1.54, 1.807) is 0 Å². The molecule has 0 heterocycles. The Morgan fingerprint density at radius 2 is 1.76 bits per heavy atom. The number of alkyl halides is 3. The van der Waals surface area contributed by atoms with Gasteiger partial charge >= 0.3 is 12.1 Å². The highest BCUT2D eigenvalue weighted by molar-refractivity contribution is 5.97. The number of primary amides is 1. The van der Waals surface area contributed by atoms with Crippen molar-refractivity contribution in [3.63, 3.8) is 0 Å². The Hall–Kier alpha value is -3.56. The molecule has 3 N–H and O–H groups in total. The van der Waals surface area contributed by atoms with Crippen LogP contribution in [0, 0.1) is 0 Å². The third-order valence-corrected chi connectivity index (χ3v) is 3.58. The van der Waals surface area contributed by atoms with Gasteiger partial charge < -0.3 is 20.5 Å². The molecule has 2 aromatic rings. The van der Waals surface area contributed by atoms with Crippen molar-refractivity contribution < 1.29 is 37.0 Å². The summed E-state index contributed by atoms with van der Waals surface area (Å²) in [5.74, 6) is -1.97. The predicted octanol–water partition coefficient (Wildman–Crippen LogP) is 2.75. The van der Waals surface area contributed by atoms with Gasteiger partial charge in [-0.15, -0.1) is 0 Å². The van der Waals surface area contributed by atoms with Crippen LogP contribution in [0.15, 0.2) is 48.5 Å². The van der Waals surface area contributed by atoms with E-state index < -0.39 is 35.6 Å². The van der Waals surface area contributed by atoms with Gasteiger partial charge in [0.05, 0.1) is 11.1 Å². The predicted molar refractivity (Wildman–Crippen MR) is 96.1 cm³/mol. The molecule has 2 amide bonds. The molecular weight excluding hydrogens is 393 g/mol. The second-order valence-corrected chi connectivity index (χ2v) is 5.89. The van der Waals surface area contributed by atoms with Crippen LogP contribution in [0.4, 0.5) is 18.9 Å². The van der Waals surface area contributed by atoms with Crippen molar-refractivity contribution in [2.24, 2.45) is 5.73 Å². The maximum atomic E-state index is 12.7. The summed E-state index contributed by atoms with van der Waals surface area (Å²) in [7, 11) is 0. The summed E-state index contributed by atoms with van der Waals surface area (Å²) >= 11 is 0. The third kappa shape index (κ3) is 6.52. The Morgan fingerprint density at radius 1 is 1.10 bits per heavy atom. The Kier molecular flexibility index (Phi) is 6.81. The van der Waals surface area contributed by atoms with Crippen LogP contribution < -0.4 is 15.8 Å². The number of esters is 1. The second kappa shape index (κ2) is 9.09. The number of anilines is 1. The highest BCUT2D eigenvalue weighted by Gasteiger charge is 2.30. The summed E-state index contributed by atoms with van der Waals surface area (Å²) in [5.41, 5.74) is 4.06. The van der Waals surface area contributed by atoms with Crippen molar-refractivity contribution in [1.82, 2.24) is 0 Å². The van der Waals surface area contributed by atoms with Crippen LogP contribution in [-0.4, -0.2) is 30.5 Å². The van der Waals surface area contributed by atoms with Crippen molar-refractivity contribution in [3.8, 4) is 5.75 Å². The van der Waals surface area contributed by atoms with Crippen molar-refractivity contribution in [2.75, 3.05) is 11.9 Å². The zero-order chi connectivity index (χ0) is 21.6. The topological polar surface area (TPSA) is 108 Å². The van der Waals surface area contributed by atoms with E-state index in [4.69, 9.17) is 15.2 Å². The molecule has 0 saturated carbocycles. The molecule has 0 aliphatic rings. The smallest absolute Gasteiger partial charge is 0.416 e. The van der Waals surface area contributed by atoms with Crippen LogP contribution in [0.5, 0.6) is 5.75 Å². The SMILES string of the molecule is C[C@H](OC(=O)c1ccc(OCC(N)=O)cc1)C(=O)Nc1cccc(C(F)(F)F)c1. The molecule has 0 aromatic heterocycles. The first kappa shape index (κ1) is 21.7. The minimum Gasteiger partial charge on any atom is -0.484 e. The van der Waals surface area contributed by atoms with Crippen molar-refractivity contribution in [3.05, 3.63) is 59.7 Å². The monoisotopic (exact) mass is 410 g/mol. The van der Waals surface area contributed by atoms with Gasteiger partial charge in [-0.05, 0) is 49.4 Å². The number of carbonyl (C=O) groups is 3. The van der Waals surface area contributed by atoms with Gasteiger partial charge in [-0.2, -0.15) is 13.2 Å². The minimum absolute atomic E-state index is 0.0799. The van der Waals surface area contributed by atoms with E-state index in [-0.39, 0.29) is 17.9 Å². The molecule has 2 aromatic carbocycles. The molecule has 0 unspecified atom stereocenters. The molecule has 0 spiro atoms. The van der Waals surface area contributed by atoms with Crippen LogP contribution >= 0.6 is 0 Å². The molecule has 29 heavy (non-hydrogen) atoms. The fourth-order valence-corrected chi connectivity index (χ4v) is 2.14. The molecule has 154 valence electrons. The molecule has 0 aliphatic heterocycles. The molecule has 1 atom stereocenters. The van der Waals surface area contributed by atoms with Gasteiger partial charge in [-0.3, -0.25) is 9.59 Å². The fraction of sp³-hybridized carbons (Fsp3) is 0.211. The van der Waals surface area contributed by atoms with E-state index in [2.05, 4.69) is 5.32 Å². The molecule has 0 saturated heterocycles. The molecule has 0 aliphatic carbocycles. The van der Waals surface area contributed by atoms with E-state index in [9.17, 15) is 27.6 Å². The number of halogens is 3. The van der Waals surface area contributed by atoms with E-state index in [1.807, 2.05) is 0 Å². The lowest BCUT2D eigenvalue weighted by Crippen LogP contribution is -2.30. The Labute approximate surface area is 163 Å². The van der Waals surface area contributed by atoms with Crippen LogP contribution in [0.25, 0.3) is 0 Å². The van der Waals surface area contributed by atoms with Gasteiger partial charge in [0.1, 0.15) is 5.75 Å².